The Morgan fingerprint density at radius 2 is 1.94 bits per heavy atom. The van der Waals surface area contributed by atoms with Gasteiger partial charge in [0.05, 0.1) is 13.4 Å². The summed E-state index contributed by atoms with van der Waals surface area (Å²) in [5, 5.41) is 0. The summed E-state index contributed by atoms with van der Waals surface area (Å²) in [6.45, 7) is 0.621. The third-order valence-corrected chi connectivity index (χ3v) is 4.42. The fourth-order valence-electron chi connectivity index (χ4n) is 2.30. The van der Waals surface area contributed by atoms with E-state index >= 15 is 0 Å². The summed E-state index contributed by atoms with van der Waals surface area (Å²) < 4.78 is 30.0. The Balaban J connectivity index is 2.26. The van der Waals surface area contributed by atoms with Crippen LogP contribution in [0.3, 0.4) is 0 Å². The van der Waals surface area contributed by atoms with Crippen molar-refractivity contribution in [1.82, 2.24) is 4.31 Å². The molecule has 94 valence electrons. The van der Waals surface area contributed by atoms with E-state index in [1.165, 1.54) is 6.26 Å². The molecule has 1 atom stereocenters. The molecule has 1 saturated heterocycles. The van der Waals surface area contributed by atoms with Crippen LogP contribution in [0, 0.1) is 0 Å². The van der Waals surface area contributed by atoms with Crippen molar-refractivity contribution in [2.45, 2.75) is 18.9 Å². The summed E-state index contributed by atoms with van der Waals surface area (Å²) >= 11 is 0. The van der Waals surface area contributed by atoms with Gasteiger partial charge in [-0.15, -0.1) is 0 Å². The Morgan fingerprint density at radius 3 is 2.47 bits per heavy atom. The molecule has 1 heterocycles. The van der Waals surface area contributed by atoms with E-state index in [2.05, 4.69) is 0 Å². The molecule has 1 aromatic carbocycles. The number of rotatable bonds is 3. The molecule has 0 unspecified atom stereocenters. The quantitative estimate of drug-likeness (QED) is 0.827. The van der Waals surface area contributed by atoms with E-state index in [0.717, 1.165) is 24.2 Å². The van der Waals surface area contributed by atoms with Crippen LogP contribution in [-0.4, -0.2) is 32.6 Å². The fourth-order valence-corrected chi connectivity index (χ4v) is 3.45. The maximum atomic E-state index is 11.6. The van der Waals surface area contributed by atoms with Crippen LogP contribution in [0.25, 0.3) is 0 Å². The first kappa shape index (κ1) is 12.4. The highest BCUT2D eigenvalue weighted by Crippen LogP contribution is 2.34. The number of nitrogens with zero attached hydrogens (tertiary/aromatic N) is 1. The van der Waals surface area contributed by atoms with Gasteiger partial charge < -0.3 is 4.74 Å². The minimum atomic E-state index is -3.11. The van der Waals surface area contributed by atoms with Crippen LogP contribution in [0.1, 0.15) is 24.4 Å². The van der Waals surface area contributed by atoms with Crippen molar-refractivity contribution in [3.8, 4) is 5.75 Å². The molecule has 4 nitrogen and oxygen atoms in total. The molecular formula is C12H17NO3S. The van der Waals surface area contributed by atoms with Crippen LogP contribution in [0.2, 0.25) is 0 Å². The number of hydrogen-bond acceptors (Lipinski definition) is 3. The van der Waals surface area contributed by atoms with E-state index in [4.69, 9.17) is 4.74 Å². The predicted octanol–water partition coefficient (Wildman–Crippen LogP) is 1.79. The SMILES string of the molecule is COc1ccc([C@@H]2CCCN2S(C)(=O)=O)cc1. The summed E-state index contributed by atoms with van der Waals surface area (Å²) in [6.07, 6.45) is 3.08. The molecular weight excluding hydrogens is 238 g/mol. The maximum absolute atomic E-state index is 11.6. The molecule has 0 spiro atoms. The summed E-state index contributed by atoms with van der Waals surface area (Å²) in [7, 11) is -1.50. The Kier molecular flexibility index (Phi) is 3.40. The molecule has 1 aromatic rings. The smallest absolute Gasteiger partial charge is 0.211 e. The van der Waals surface area contributed by atoms with Crippen LogP contribution >= 0.6 is 0 Å². The van der Waals surface area contributed by atoms with Crippen molar-refractivity contribution in [2.75, 3.05) is 19.9 Å². The van der Waals surface area contributed by atoms with Gasteiger partial charge in [-0.2, -0.15) is 4.31 Å². The van der Waals surface area contributed by atoms with Gasteiger partial charge in [0.1, 0.15) is 5.75 Å². The van der Waals surface area contributed by atoms with Gasteiger partial charge in [-0.3, -0.25) is 0 Å². The Bertz CT molecular complexity index is 481. The van der Waals surface area contributed by atoms with Gasteiger partial charge >= 0.3 is 0 Å². The largest absolute Gasteiger partial charge is 0.497 e. The number of ether oxygens (including phenoxy) is 1. The lowest BCUT2D eigenvalue weighted by Crippen LogP contribution is -2.29. The van der Waals surface area contributed by atoms with Crippen LogP contribution in [0.15, 0.2) is 24.3 Å². The second kappa shape index (κ2) is 4.66. The molecule has 17 heavy (non-hydrogen) atoms. The third kappa shape index (κ3) is 2.61. The second-order valence-corrected chi connectivity index (χ2v) is 6.24. The number of benzene rings is 1. The van der Waals surface area contributed by atoms with E-state index in [-0.39, 0.29) is 6.04 Å². The van der Waals surface area contributed by atoms with Gasteiger partial charge in [0, 0.05) is 12.6 Å². The molecule has 0 aliphatic carbocycles. The van der Waals surface area contributed by atoms with E-state index in [1.54, 1.807) is 11.4 Å². The molecule has 0 radical (unpaired) electrons. The highest BCUT2D eigenvalue weighted by Gasteiger charge is 2.32. The molecule has 0 N–H and O–H groups in total. The Morgan fingerprint density at radius 1 is 1.29 bits per heavy atom. The molecule has 1 fully saturated rings. The highest BCUT2D eigenvalue weighted by molar-refractivity contribution is 7.88. The Hall–Kier alpha value is -1.07. The van der Waals surface area contributed by atoms with Gasteiger partial charge in [0.2, 0.25) is 10.0 Å². The highest BCUT2D eigenvalue weighted by atomic mass is 32.2. The molecule has 1 aliphatic heterocycles. The van der Waals surface area contributed by atoms with Gasteiger partial charge in [-0.1, -0.05) is 12.1 Å². The lowest BCUT2D eigenvalue weighted by atomic mass is 10.1. The van der Waals surface area contributed by atoms with Crippen molar-refractivity contribution in [1.29, 1.82) is 0 Å². The predicted molar refractivity (Wildman–Crippen MR) is 66.5 cm³/mol. The van der Waals surface area contributed by atoms with E-state index in [1.807, 2.05) is 24.3 Å². The third-order valence-electron chi connectivity index (χ3n) is 3.13. The summed E-state index contributed by atoms with van der Waals surface area (Å²) in [5.41, 5.74) is 1.04. The van der Waals surface area contributed by atoms with Gasteiger partial charge in [-0.25, -0.2) is 8.42 Å². The topological polar surface area (TPSA) is 46.6 Å². The first-order valence-corrected chi connectivity index (χ1v) is 7.48. The second-order valence-electron chi connectivity index (χ2n) is 4.30. The van der Waals surface area contributed by atoms with E-state index in [9.17, 15) is 8.42 Å². The average molecular weight is 255 g/mol. The van der Waals surface area contributed by atoms with Gasteiger partial charge in [0.15, 0.2) is 0 Å². The first-order chi connectivity index (χ1) is 8.02. The normalized spacial score (nSPS) is 21.6. The number of hydrogen-bond donors (Lipinski definition) is 0. The zero-order chi connectivity index (χ0) is 12.5. The lowest BCUT2D eigenvalue weighted by Gasteiger charge is -2.22. The molecule has 0 amide bonds. The first-order valence-electron chi connectivity index (χ1n) is 5.63. The van der Waals surface area contributed by atoms with Crippen molar-refractivity contribution < 1.29 is 13.2 Å². The van der Waals surface area contributed by atoms with Crippen molar-refractivity contribution in [3.63, 3.8) is 0 Å². The molecule has 0 aromatic heterocycles. The Labute approximate surface area is 102 Å². The maximum Gasteiger partial charge on any atom is 0.211 e. The minimum Gasteiger partial charge on any atom is -0.497 e. The van der Waals surface area contributed by atoms with Crippen LogP contribution < -0.4 is 4.74 Å². The molecule has 1 aliphatic rings. The molecule has 2 rings (SSSR count). The monoisotopic (exact) mass is 255 g/mol. The molecule has 0 bridgehead atoms. The lowest BCUT2D eigenvalue weighted by molar-refractivity contribution is 0.398. The van der Waals surface area contributed by atoms with Crippen LogP contribution in [0.4, 0.5) is 0 Å². The average Bonchev–Trinajstić information content (AvgIpc) is 2.78. The van der Waals surface area contributed by atoms with Gasteiger partial charge in [0.25, 0.3) is 0 Å². The molecule has 5 heteroatoms. The number of methoxy groups -OCH3 is 1. The minimum absolute atomic E-state index is 0.0177. The van der Waals surface area contributed by atoms with E-state index in [0.29, 0.717) is 6.54 Å². The zero-order valence-electron chi connectivity index (χ0n) is 10.1. The van der Waals surface area contributed by atoms with Crippen molar-refractivity contribution >= 4 is 10.0 Å². The van der Waals surface area contributed by atoms with Crippen molar-refractivity contribution in [3.05, 3.63) is 29.8 Å². The van der Waals surface area contributed by atoms with E-state index < -0.39 is 10.0 Å². The molecule has 0 saturated carbocycles. The van der Waals surface area contributed by atoms with Crippen LogP contribution in [-0.2, 0) is 10.0 Å². The van der Waals surface area contributed by atoms with Gasteiger partial charge in [-0.05, 0) is 30.5 Å². The summed E-state index contributed by atoms with van der Waals surface area (Å²) in [4.78, 5) is 0. The summed E-state index contributed by atoms with van der Waals surface area (Å²) in [5.74, 6) is 0.789. The standard InChI is InChI=1S/C12H17NO3S/c1-16-11-7-5-10(6-8-11)12-4-3-9-13(12)17(2,14)15/h5-8,12H,3-4,9H2,1-2H3/t12-/m0/s1. The number of sulfonamides is 1. The summed E-state index contributed by atoms with van der Waals surface area (Å²) in [6, 6.07) is 7.60. The fraction of sp³-hybridized carbons (Fsp3) is 0.500. The zero-order valence-corrected chi connectivity index (χ0v) is 10.9. The van der Waals surface area contributed by atoms with Crippen molar-refractivity contribution in [2.24, 2.45) is 0 Å². The van der Waals surface area contributed by atoms with Crippen LogP contribution in [0.5, 0.6) is 5.75 Å².